The second kappa shape index (κ2) is 10.9. The molecule has 2 unspecified atom stereocenters. The monoisotopic (exact) mass is 556 g/mol. The number of nitrogens with zero attached hydrogens (tertiary/aromatic N) is 4. The number of carbonyl (C=O) groups is 3. The molecule has 0 aliphatic carbocycles. The number of rotatable bonds is 8. The summed E-state index contributed by atoms with van der Waals surface area (Å²) in [6.07, 6.45) is 3.74. The molecule has 3 amide bonds. The van der Waals surface area contributed by atoms with Gasteiger partial charge in [0.25, 0.3) is 17.7 Å². The van der Waals surface area contributed by atoms with Gasteiger partial charge >= 0.3 is 0 Å². The summed E-state index contributed by atoms with van der Waals surface area (Å²) in [5.41, 5.74) is 3.29. The van der Waals surface area contributed by atoms with Crippen LogP contribution in [0.4, 0.5) is 0 Å². The normalized spacial score (nSPS) is 20.5. The fourth-order valence-electron chi connectivity index (χ4n) is 5.62. The van der Waals surface area contributed by atoms with Crippen LogP contribution in [0.1, 0.15) is 50.9 Å². The molecule has 0 radical (unpaired) electrons. The molecule has 3 aliphatic heterocycles. The van der Waals surface area contributed by atoms with Gasteiger partial charge in [-0.3, -0.25) is 19.3 Å². The van der Waals surface area contributed by atoms with E-state index in [4.69, 9.17) is 4.74 Å². The number of dihydropyridines is 1. The molecule has 212 valence electrons. The van der Waals surface area contributed by atoms with Crippen molar-refractivity contribution in [3.05, 3.63) is 70.7 Å². The van der Waals surface area contributed by atoms with Crippen molar-refractivity contribution in [1.29, 1.82) is 0 Å². The average Bonchev–Trinajstić information content (AvgIpc) is 3.47. The number of H-pyrrole nitrogens is 1. The molecule has 11 nitrogen and oxygen atoms in total. The van der Waals surface area contributed by atoms with Gasteiger partial charge in [-0.2, -0.15) is 0 Å². The van der Waals surface area contributed by atoms with Crippen molar-refractivity contribution in [3.8, 4) is 5.75 Å². The van der Waals surface area contributed by atoms with Crippen LogP contribution >= 0.6 is 0 Å². The minimum absolute atomic E-state index is 0.0727. The molecule has 1 aromatic heterocycles. The Kier molecular flexibility index (Phi) is 7.14. The third-order valence-corrected chi connectivity index (χ3v) is 7.85. The highest BCUT2D eigenvalue weighted by Crippen LogP contribution is 2.33. The predicted molar refractivity (Wildman–Crippen MR) is 152 cm³/mol. The van der Waals surface area contributed by atoms with E-state index in [2.05, 4.69) is 25.2 Å². The highest BCUT2D eigenvalue weighted by molar-refractivity contribution is 6.23. The number of aliphatic imine (C=N–C) groups is 1. The van der Waals surface area contributed by atoms with Crippen LogP contribution < -0.4 is 10.1 Å². The Morgan fingerprint density at radius 3 is 2.63 bits per heavy atom. The highest BCUT2D eigenvalue weighted by Gasteiger charge is 2.41. The number of likely N-dealkylation sites (tertiary alicyclic amines) is 1. The van der Waals surface area contributed by atoms with E-state index in [9.17, 15) is 19.5 Å². The van der Waals surface area contributed by atoms with E-state index in [-0.39, 0.29) is 31.0 Å². The maximum absolute atomic E-state index is 13.3. The van der Waals surface area contributed by atoms with Crippen LogP contribution in [-0.4, -0.2) is 94.2 Å². The van der Waals surface area contributed by atoms with E-state index in [0.29, 0.717) is 39.4 Å². The minimum Gasteiger partial charge on any atom is -0.491 e. The van der Waals surface area contributed by atoms with E-state index < -0.39 is 17.9 Å². The summed E-state index contributed by atoms with van der Waals surface area (Å²) in [6.45, 7) is 3.85. The number of imidazole rings is 1. The molecule has 41 heavy (non-hydrogen) atoms. The molecule has 0 bridgehead atoms. The first-order valence-electron chi connectivity index (χ1n) is 13.8. The zero-order chi connectivity index (χ0) is 28.7. The summed E-state index contributed by atoms with van der Waals surface area (Å²) >= 11 is 0. The minimum atomic E-state index is -0.853. The largest absolute Gasteiger partial charge is 0.491 e. The number of hydrogen-bond acceptors (Lipinski definition) is 8. The Morgan fingerprint density at radius 2 is 1.88 bits per heavy atom. The van der Waals surface area contributed by atoms with Crippen molar-refractivity contribution in [2.45, 2.75) is 37.8 Å². The molecular formula is C30H32N6O5. The highest BCUT2D eigenvalue weighted by atomic mass is 16.5. The number of aliphatic hydroxyl groups is 1. The Hall–Kier alpha value is -4.35. The number of amides is 3. The van der Waals surface area contributed by atoms with Crippen LogP contribution in [0.15, 0.2) is 53.2 Å². The Balaban J connectivity index is 1.17. The quantitative estimate of drug-likeness (QED) is 0.359. The SMILES string of the molecule is Cc1cccc(OCC(O)CNC2=CC=NC(=O)C2c2nc3cc4c(cc3[nH]2)C(=O)N(C2CCN(C)CC2)C4=O)c1. The lowest BCUT2D eigenvalue weighted by Gasteiger charge is -2.33. The molecule has 1 saturated heterocycles. The smallest absolute Gasteiger partial charge is 0.262 e. The van der Waals surface area contributed by atoms with Crippen LogP contribution in [0.2, 0.25) is 0 Å². The fraction of sp³-hybridized carbons (Fsp3) is 0.367. The zero-order valence-electron chi connectivity index (χ0n) is 23.0. The summed E-state index contributed by atoms with van der Waals surface area (Å²) in [6, 6.07) is 10.7. The molecule has 3 aliphatic rings. The van der Waals surface area contributed by atoms with Crippen molar-refractivity contribution >= 4 is 35.0 Å². The third kappa shape index (κ3) is 5.25. The molecule has 0 saturated carbocycles. The van der Waals surface area contributed by atoms with Crippen LogP contribution in [0, 0.1) is 6.92 Å². The molecule has 4 heterocycles. The van der Waals surface area contributed by atoms with E-state index in [1.54, 1.807) is 18.2 Å². The van der Waals surface area contributed by atoms with Gasteiger partial charge < -0.3 is 25.0 Å². The van der Waals surface area contributed by atoms with E-state index in [1.807, 2.05) is 38.2 Å². The number of fused-ring (bicyclic) bond motifs is 2. The number of hydrogen-bond donors (Lipinski definition) is 3. The van der Waals surface area contributed by atoms with E-state index in [1.165, 1.54) is 11.1 Å². The molecule has 3 N–H and O–H groups in total. The first-order valence-corrected chi connectivity index (χ1v) is 13.8. The molecule has 2 aromatic carbocycles. The van der Waals surface area contributed by atoms with Gasteiger partial charge in [-0.1, -0.05) is 12.1 Å². The van der Waals surface area contributed by atoms with Crippen molar-refractivity contribution in [2.24, 2.45) is 4.99 Å². The van der Waals surface area contributed by atoms with Crippen LogP contribution in [0.3, 0.4) is 0 Å². The molecule has 2 atom stereocenters. The van der Waals surface area contributed by atoms with Crippen molar-refractivity contribution in [1.82, 2.24) is 25.1 Å². The van der Waals surface area contributed by atoms with E-state index in [0.717, 1.165) is 31.5 Å². The first kappa shape index (κ1) is 26.9. The predicted octanol–water partition coefficient (Wildman–Crippen LogP) is 2.17. The summed E-state index contributed by atoms with van der Waals surface area (Å²) < 4.78 is 5.69. The first-order chi connectivity index (χ1) is 19.8. The summed E-state index contributed by atoms with van der Waals surface area (Å²) in [5.74, 6) is -0.862. The number of aliphatic hydroxyl groups excluding tert-OH is 1. The number of ether oxygens (including phenoxy) is 1. The molecule has 1 fully saturated rings. The summed E-state index contributed by atoms with van der Waals surface area (Å²) in [5, 5.41) is 13.6. The lowest BCUT2D eigenvalue weighted by molar-refractivity contribution is -0.118. The Bertz CT molecular complexity index is 1530. The van der Waals surface area contributed by atoms with Gasteiger partial charge in [0.2, 0.25) is 0 Å². The van der Waals surface area contributed by atoms with Gasteiger partial charge in [0.1, 0.15) is 30.2 Å². The fourth-order valence-corrected chi connectivity index (χ4v) is 5.62. The number of piperidine rings is 1. The van der Waals surface area contributed by atoms with Crippen molar-refractivity contribution in [2.75, 3.05) is 33.3 Å². The van der Waals surface area contributed by atoms with Gasteiger partial charge in [0.05, 0.1) is 22.2 Å². The third-order valence-electron chi connectivity index (χ3n) is 7.85. The summed E-state index contributed by atoms with van der Waals surface area (Å²) in [4.78, 5) is 54.7. The number of nitrogens with one attached hydrogen (secondary N) is 2. The lowest BCUT2D eigenvalue weighted by Crippen LogP contribution is -2.46. The number of aromatic nitrogens is 2. The van der Waals surface area contributed by atoms with Gasteiger partial charge in [-0.05, 0) is 75.8 Å². The maximum Gasteiger partial charge on any atom is 0.262 e. The molecule has 0 spiro atoms. The molecule has 3 aromatic rings. The van der Waals surface area contributed by atoms with Gasteiger partial charge in [-0.15, -0.1) is 0 Å². The molecule has 6 rings (SSSR count). The Labute approximate surface area is 236 Å². The summed E-state index contributed by atoms with van der Waals surface area (Å²) in [7, 11) is 2.03. The molecular weight excluding hydrogens is 524 g/mol. The number of carbonyl (C=O) groups excluding carboxylic acids is 3. The van der Waals surface area contributed by atoms with Crippen molar-refractivity contribution < 1.29 is 24.2 Å². The second-order valence-electron chi connectivity index (χ2n) is 10.9. The van der Waals surface area contributed by atoms with Crippen LogP contribution in [-0.2, 0) is 4.79 Å². The number of imide groups is 1. The van der Waals surface area contributed by atoms with E-state index >= 15 is 0 Å². The molecule has 11 heteroatoms. The maximum atomic E-state index is 13.3. The standard InChI is InChI=1S/C30H32N6O5/c1-17-4-3-5-20(12-17)41-16-19(37)15-32-23-6-9-31-28(38)26(23)27-33-24-13-21-22(14-25(24)34-27)30(40)36(29(21)39)18-7-10-35(2)11-8-18/h3-6,9,12-14,18-19,26,32,37H,7-8,10-11,15-16H2,1-2H3,(H,33,34). The van der Waals surface area contributed by atoms with Crippen molar-refractivity contribution in [3.63, 3.8) is 0 Å². The van der Waals surface area contributed by atoms with Crippen LogP contribution in [0.25, 0.3) is 11.0 Å². The zero-order valence-corrected chi connectivity index (χ0v) is 23.0. The number of allylic oxidation sites excluding steroid dienone is 1. The number of aryl methyl sites for hydroxylation is 1. The average molecular weight is 557 g/mol. The topological polar surface area (TPSA) is 140 Å². The van der Waals surface area contributed by atoms with Gasteiger partial charge in [0.15, 0.2) is 0 Å². The van der Waals surface area contributed by atoms with Gasteiger partial charge in [-0.25, -0.2) is 9.98 Å². The second-order valence-corrected chi connectivity index (χ2v) is 10.9. The number of benzene rings is 2. The van der Waals surface area contributed by atoms with Crippen LogP contribution in [0.5, 0.6) is 5.75 Å². The Morgan fingerprint density at radius 1 is 1.12 bits per heavy atom. The number of aromatic amines is 1. The lowest BCUT2D eigenvalue weighted by atomic mass is 10.0. The van der Waals surface area contributed by atoms with Gasteiger partial charge in [0, 0.05) is 24.5 Å².